The van der Waals surface area contributed by atoms with Gasteiger partial charge in [-0.15, -0.1) is 0 Å². The zero-order valence-electron chi connectivity index (χ0n) is 11.4. The zero-order valence-corrected chi connectivity index (χ0v) is 11.4. The van der Waals surface area contributed by atoms with Crippen molar-refractivity contribution in [3.8, 4) is 0 Å². The average molecular weight is 263 g/mol. The van der Waals surface area contributed by atoms with Crippen LogP contribution in [-0.2, 0) is 16.0 Å². The molecule has 3 nitrogen and oxygen atoms in total. The molecule has 2 aromatic rings. The van der Waals surface area contributed by atoms with Crippen LogP contribution in [0.2, 0.25) is 0 Å². The van der Waals surface area contributed by atoms with Gasteiger partial charge in [0, 0.05) is 17.1 Å². The van der Waals surface area contributed by atoms with E-state index in [0.29, 0.717) is 13.0 Å². The minimum absolute atomic E-state index is 0.235. The van der Waals surface area contributed by atoms with Crippen LogP contribution >= 0.6 is 0 Å². The van der Waals surface area contributed by atoms with E-state index in [4.69, 9.17) is 4.74 Å². The molecule has 0 radical (unpaired) electrons. The van der Waals surface area contributed by atoms with Gasteiger partial charge < -0.3 is 9.72 Å². The number of fused-ring (bicyclic) bond motifs is 1. The van der Waals surface area contributed by atoms with Crippen LogP contribution in [0.5, 0.6) is 0 Å². The predicted molar refractivity (Wildman–Crippen MR) is 72.4 cm³/mol. The summed E-state index contributed by atoms with van der Waals surface area (Å²) < 4.78 is 18.4. The van der Waals surface area contributed by atoms with Crippen molar-refractivity contribution in [1.29, 1.82) is 0 Å². The Morgan fingerprint density at radius 2 is 2.16 bits per heavy atom. The lowest BCUT2D eigenvalue weighted by molar-refractivity contribution is -0.153. The third kappa shape index (κ3) is 2.78. The summed E-state index contributed by atoms with van der Waals surface area (Å²) >= 11 is 0. The molecule has 0 saturated heterocycles. The number of halogens is 1. The van der Waals surface area contributed by atoms with E-state index >= 15 is 0 Å². The Kier molecular flexibility index (Phi) is 3.60. The van der Waals surface area contributed by atoms with E-state index in [9.17, 15) is 9.18 Å². The van der Waals surface area contributed by atoms with Crippen LogP contribution in [0, 0.1) is 11.2 Å². The highest BCUT2D eigenvalue weighted by Crippen LogP contribution is 2.28. The quantitative estimate of drug-likeness (QED) is 0.858. The molecule has 0 saturated carbocycles. The summed E-state index contributed by atoms with van der Waals surface area (Å²) in [6.45, 7) is 5.83. The number of hydrogen-bond acceptors (Lipinski definition) is 2. The van der Waals surface area contributed by atoms with E-state index in [1.54, 1.807) is 13.0 Å². The molecule has 0 bridgehead atoms. The maximum Gasteiger partial charge on any atom is 0.311 e. The Hall–Kier alpha value is -1.84. The minimum atomic E-state index is -0.628. The first-order valence-electron chi connectivity index (χ1n) is 6.37. The van der Waals surface area contributed by atoms with Gasteiger partial charge in [-0.25, -0.2) is 4.39 Å². The van der Waals surface area contributed by atoms with Crippen molar-refractivity contribution in [1.82, 2.24) is 4.98 Å². The smallest absolute Gasteiger partial charge is 0.311 e. The second kappa shape index (κ2) is 5.03. The fourth-order valence-corrected chi connectivity index (χ4v) is 2.17. The summed E-state index contributed by atoms with van der Waals surface area (Å²) in [6.07, 6.45) is 2.33. The molecule has 0 atom stereocenters. The Morgan fingerprint density at radius 1 is 1.42 bits per heavy atom. The highest BCUT2D eigenvalue weighted by molar-refractivity contribution is 5.84. The Bertz CT molecular complexity index is 601. The SMILES string of the molecule is CCOC(=O)C(C)(C)Cc1c[nH]c2ccc(F)cc12. The number of esters is 1. The molecule has 102 valence electrons. The highest BCUT2D eigenvalue weighted by Gasteiger charge is 2.30. The molecule has 19 heavy (non-hydrogen) atoms. The van der Waals surface area contributed by atoms with Gasteiger partial charge in [-0.3, -0.25) is 4.79 Å². The monoisotopic (exact) mass is 263 g/mol. The van der Waals surface area contributed by atoms with Gasteiger partial charge in [0.2, 0.25) is 0 Å². The van der Waals surface area contributed by atoms with Crippen molar-refractivity contribution < 1.29 is 13.9 Å². The number of carbonyl (C=O) groups is 1. The molecule has 0 spiro atoms. The van der Waals surface area contributed by atoms with Gasteiger partial charge in [-0.1, -0.05) is 0 Å². The van der Waals surface area contributed by atoms with Crippen molar-refractivity contribution in [2.75, 3.05) is 6.61 Å². The van der Waals surface area contributed by atoms with Crippen LogP contribution in [0.25, 0.3) is 10.9 Å². The number of benzene rings is 1. The number of nitrogens with one attached hydrogen (secondary N) is 1. The zero-order chi connectivity index (χ0) is 14.0. The van der Waals surface area contributed by atoms with Crippen LogP contribution in [0.4, 0.5) is 4.39 Å². The van der Waals surface area contributed by atoms with Crippen LogP contribution in [0.1, 0.15) is 26.3 Å². The van der Waals surface area contributed by atoms with Gasteiger partial charge in [-0.2, -0.15) is 0 Å². The molecule has 0 unspecified atom stereocenters. The minimum Gasteiger partial charge on any atom is -0.466 e. The van der Waals surface area contributed by atoms with Crippen LogP contribution in [0.15, 0.2) is 24.4 Å². The van der Waals surface area contributed by atoms with E-state index in [1.165, 1.54) is 12.1 Å². The Balaban J connectivity index is 2.30. The molecule has 1 aromatic carbocycles. The van der Waals surface area contributed by atoms with Gasteiger partial charge in [0.1, 0.15) is 5.82 Å². The van der Waals surface area contributed by atoms with Gasteiger partial charge in [0.25, 0.3) is 0 Å². The standard InChI is InChI=1S/C15H18FNO2/c1-4-19-14(18)15(2,3)8-10-9-17-13-6-5-11(16)7-12(10)13/h5-7,9,17H,4,8H2,1-3H3. The van der Waals surface area contributed by atoms with Crippen molar-refractivity contribution in [2.24, 2.45) is 5.41 Å². The van der Waals surface area contributed by atoms with Gasteiger partial charge >= 0.3 is 5.97 Å². The molecule has 1 aromatic heterocycles. The first kappa shape index (κ1) is 13.6. The molecule has 0 fully saturated rings. The van der Waals surface area contributed by atoms with Crippen molar-refractivity contribution in [2.45, 2.75) is 27.2 Å². The molecule has 0 aliphatic heterocycles. The van der Waals surface area contributed by atoms with Gasteiger partial charge in [-0.05, 0) is 51.0 Å². The van der Waals surface area contributed by atoms with Gasteiger partial charge in [0.15, 0.2) is 0 Å². The van der Waals surface area contributed by atoms with Crippen molar-refractivity contribution in [3.05, 3.63) is 35.8 Å². The molecule has 0 amide bonds. The van der Waals surface area contributed by atoms with E-state index in [-0.39, 0.29) is 11.8 Å². The maximum atomic E-state index is 13.3. The Morgan fingerprint density at radius 3 is 2.84 bits per heavy atom. The summed E-state index contributed by atoms with van der Waals surface area (Å²) in [5, 5.41) is 0.817. The second-order valence-corrected chi connectivity index (χ2v) is 5.28. The van der Waals surface area contributed by atoms with Crippen molar-refractivity contribution in [3.63, 3.8) is 0 Å². The lowest BCUT2D eigenvalue weighted by Gasteiger charge is -2.21. The number of ether oxygens (including phenoxy) is 1. The first-order valence-corrected chi connectivity index (χ1v) is 6.37. The maximum absolute atomic E-state index is 13.3. The fraction of sp³-hybridized carbons (Fsp3) is 0.400. The first-order chi connectivity index (χ1) is 8.94. The summed E-state index contributed by atoms with van der Waals surface area (Å²) in [6, 6.07) is 4.60. The molecule has 2 rings (SSSR count). The highest BCUT2D eigenvalue weighted by atomic mass is 19.1. The molecule has 0 aliphatic rings. The van der Waals surface area contributed by atoms with E-state index < -0.39 is 5.41 Å². The molecular formula is C15H18FNO2. The lowest BCUT2D eigenvalue weighted by atomic mass is 9.86. The topological polar surface area (TPSA) is 42.1 Å². The predicted octanol–water partition coefficient (Wildman–Crippen LogP) is 3.44. The normalized spacial score (nSPS) is 11.8. The molecule has 1 N–H and O–H groups in total. The lowest BCUT2D eigenvalue weighted by Crippen LogP contribution is -2.28. The summed E-state index contributed by atoms with van der Waals surface area (Å²) in [7, 11) is 0. The number of rotatable bonds is 4. The van der Waals surface area contributed by atoms with E-state index in [0.717, 1.165) is 16.5 Å². The summed E-state index contributed by atoms with van der Waals surface area (Å²) in [4.78, 5) is 15.0. The molecular weight excluding hydrogens is 245 g/mol. The molecule has 4 heteroatoms. The van der Waals surface area contributed by atoms with E-state index in [1.807, 2.05) is 20.0 Å². The number of aromatic amines is 1. The third-order valence-corrected chi connectivity index (χ3v) is 3.19. The average Bonchev–Trinajstić information content (AvgIpc) is 2.72. The second-order valence-electron chi connectivity index (χ2n) is 5.28. The summed E-state index contributed by atoms with van der Waals surface area (Å²) in [5.41, 5.74) is 1.17. The van der Waals surface area contributed by atoms with Gasteiger partial charge in [0.05, 0.1) is 12.0 Å². The van der Waals surface area contributed by atoms with Crippen LogP contribution < -0.4 is 0 Å². The molecule has 1 heterocycles. The number of carbonyl (C=O) groups excluding carboxylic acids is 1. The third-order valence-electron chi connectivity index (χ3n) is 3.19. The Labute approximate surface area is 111 Å². The largest absolute Gasteiger partial charge is 0.466 e. The van der Waals surface area contributed by atoms with Crippen LogP contribution in [-0.4, -0.2) is 17.6 Å². The number of hydrogen-bond donors (Lipinski definition) is 1. The summed E-state index contributed by atoms with van der Waals surface area (Å²) in [5.74, 6) is -0.511. The number of H-pyrrole nitrogens is 1. The van der Waals surface area contributed by atoms with E-state index in [2.05, 4.69) is 4.98 Å². The van der Waals surface area contributed by atoms with Crippen molar-refractivity contribution >= 4 is 16.9 Å². The van der Waals surface area contributed by atoms with Crippen LogP contribution in [0.3, 0.4) is 0 Å². The number of aromatic nitrogens is 1. The molecule has 0 aliphatic carbocycles. The fourth-order valence-electron chi connectivity index (χ4n) is 2.17.